The monoisotopic (exact) mass is 237 g/mol. The van der Waals surface area contributed by atoms with Crippen LogP contribution in [0.2, 0.25) is 0 Å². The van der Waals surface area contributed by atoms with Gasteiger partial charge >= 0.3 is 0 Å². The van der Waals surface area contributed by atoms with E-state index in [4.69, 9.17) is 10.5 Å². The zero-order chi connectivity index (χ0) is 12.8. The van der Waals surface area contributed by atoms with Crippen LogP contribution >= 0.6 is 0 Å². The molecule has 17 heavy (non-hydrogen) atoms. The number of rotatable bonds is 6. The second kappa shape index (κ2) is 6.42. The normalized spacial score (nSPS) is 10.9. The molecule has 0 unspecified atom stereocenters. The van der Waals surface area contributed by atoms with Crippen molar-refractivity contribution in [3.63, 3.8) is 0 Å². The summed E-state index contributed by atoms with van der Waals surface area (Å²) in [5.74, 6) is 0.880. The van der Waals surface area contributed by atoms with Crippen molar-refractivity contribution < 1.29 is 4.74 Å². The highest BCUT2D eigenvalue weighted by Gasteiger charge is 2.13. The molecule has 4 heteroatoms. The van der Waals surface area contributed by atoms with Crippen molar-refractivity contribution >= 4 is 5.82 Å². The Balaban J connectivity index is 2.81. The van der Waals surface area contributed by atoms with Crippen LogP contribution in [-0.2, 0) is 0 Å². The molecule has 0 saturated heterocycles. The highest BCUT2D eigenvalue weighted by Crippen LogP contribution is 2.21. The van der Waals surface area contributed by atoms with Gasteiger partial charge in [-0.15, -0.1) is 0 Å². The summed E-state index contributed by atoms with van der Waals surface area (Å²) in [6.45, 7) is 8.13. The van der Waals surface area contributed by atoms with Gasteiger partial charge in [0.05, 0.1) is 11.4 Å². The largest absolute Gasteiger partial charge is 0.472 e. The van der Waals surface area contributed by atoms with Crippen molar-refractivity contribution in [3.8, 4) is 5.88 Å². The first-order valence-corrected chi connectivity index (χ1v) is 6.35. The lowest BCUT2D eigenvalue weighted by Crippen LogP contribution is -2.18. The predicted molar refractivity (Wildman–Crippen MR) is 70.2 cm³/mol. The zero-order valence-corrected chi connectivity index (χ0v) is 11.3. The van der Waals surface area contributed by atoms with E-state index in [1.165, 1.54) is 0 Å². The van der Waals surface area contributed by atoms with Gasteiger partial charge in [0.15, 0.2) is 5.82 Å². The molecule has 1 heterocycles. The van der Waals surface area contributed by atoms with Crippen LogP contribution in [0.5, 0.6) is 5.88 Å². The Labute approximate surface area is 104 Å². The molecule has 0 aliphatic heterocycles. The number of aromatic nitrogens is 2. The van der Waals surface area contributed by atoms with Gasteiger partial charge in [-0.05, 0) is 26.7 Å². The molecule has 0 bridgehead atoms. The number of hydrogen-bond acceptors (Lipinski definition) is 4. The molecule has 96 valence electrons. The first-order chi connectivity index (χ1) is 8.08. The predicted octanol–water partition coefficient (Wildman–Crippen LogP) is 3.02. The van der Waals surface area contributed by atoms with Crippen molar-refractivity contribution in [1.29, 1.82) is 0 Å². The van der Waals surface area contributed by atoms with E-state index in [1.54, 1.807) is 0 Å². The minimum atomic E-state index is 0.198. The van der Waals surface area contributed by atoms with Crippen LogP contribution in [0.25, 0.3) is 0 Å². The molecule has 0 fully saturated rings. The Bertz CT molecular complexity index is 360. The smallest absolute Gasteiger partial charge is 0.257 e. The van der Waals surface area contributed by atoms with E-state index >= 15 is 0 Å². The summed E-state index contributed by atoms with van der Waals surface area (Å²) < 4.78 is 5.86. The molecule has 0 amide bonds. The van der Waals surface area contributed by atoms with Crippen LogP contribution in [0, 0.1) is 13.8 Å². The average Bonchev–Trinajstić information content (AvgIpc) is 2.26. The number of ether oxygens (including phenoxy) is 1. The average molecular weight is 237 g/mol. The Morgan fingerprint density at radius 3 is 2.12 bits per heavy atom. The minimum Gasteiger partial charge on any atom is -0.472 e. The van der Waals surface area contributed by atoms with Crippen molar-refractivity contribution in [2.45, 2.75) is 59.5 Å². The van der Waals surface area contributed by atoms with Crippen molar-refractivity contribution in [2.24, 2.45) is 0 Å². The summed E-state index contributed by atoms with van der Waals surface area (Å²) in [5, 5.41) is 0. The lowest BCUT2D eigenvalue weighted by atomic mass is 10.1. The number of nitrogens with zero attached hydrogens (tertiary/aromatic N) is 2. The quantitative estimate of drug-likeness (QED) is 0.826. The highest BCUT2D eigenvalue weighted by molar-refractivity contribution is 5.41. The van der Waals surface area contributed by atoms with Crippen LogP contribution < -0.4 is 10.5 Å². The third kappa shape index (κ3) is 3.88. The number of nitrogens with two attached hydrogens (primary N) is 1. The molecule has 1 aromatic rings. The Morgan fingerprint density at radius 2 is 1.59 bits per heavy atom. The van der Waals surface area contributed by atoms with Gasteiger partial charge in [0, 0.05) is 0 Å². The molecule has 0 saturated carbocycles. The van der Waals surface area contributed by atoms with E-state index in [-0.39, 0.29) is 6.10 Å². The topological polar surface area (TPSA) is 61.0 Å². The number of anilines is 1. The van der Waals surface area contributed by atoms with Gasteiger partial charge in [-0.25, -0.2) is 9.97 Å². The Morgan fingerprint density at radius 1 is 1.06 bits per heavy atom. The maximum absolute atomic E-state index is 5.86. The molecule has 0 atom stereocenters. The van der Waals surface area contributed by atoms with E-state index in [9.17, 15) is 0 Å². The third-order valence-corrected chi connectivity index (χ3v) is 2.80. The lowest BCUT2D eigenvalue weighted by molar-refractivity contribution is 0.171. The second-order valence-electron chi connectivity index (χ2n) is 4.40. The van der Waals surface area contributed by atoms with Crippen LogP contribution in [0.15, 0.2) is 0 Å². The summed E-state index contributed by atoms with van der Waals surface area (Å²) in [6, 6.07) is 0. The van der Waals surface area contributed by atoms with Gasteiger partial charge in [0.25, 0.3) is 5.88 Å². The maximum atomic E-state index is 5.86. The van der Waals surface area contributed by atoms with Crippen LogP contribution in [0.4, 0.5) is 5.82 Å². The number of hydrogen-bond donors (Lipinski definition) is 1. The number of aryl methyl sites for hydroxylation is 2. The Hall–Kier alpha value is -1.32. The Kier molecular flexibility index (Phi) is 5.19. The fourth-order valence-electron chi connectivity index (χ4n) is 1.75. The fraction of sp³-hybridized carbons (Fsp3) is 0.692. The van der Waals surface area contributed by atoms with E-state index in [0.29, 0.717) is 11.7 Å². The molecule has 4 nitrogen and oxygen atoms in total. The van der Waals surface area contributed by atoms with Crippen molar-refractivity contribution in [1.82, 2.24) is 9.97 Å². The van der Waals surface area contributed by atoms with Crippen LogP contribution in [-0.4, -0.2) is 16.1 Å². The van der Waals surface area contributed by atoms with Gasteiger partial charge in [-0.2, -0.15) is 0 Å². The maximum Gasteiger partial charge on any atom is 0.257 e. The fourth-order valence-corrected chi connectivity index (χ4v) is 1.75. The van der Waals surface area contributed by atoms with Gasteiger partial charge < -0.3 is 10.5 Å². The van der Waals surface area contributed by atoms with Gasteiger partial charge in [0.2, 0.25) is 0 Å². The SMILES string of the molecule is CCCC(CCC)Oc1nc(C)c(C)nc1N. The van der Waals surface area contributed by atoms with Gasteiger partial charge in [0.1, 0.15) is 6.10 Å². The standard InChI is InChI=1S/C13H23N3O/c1-5-7-11(8-6-2)17-13-12(14)15-9(3)10(4)16-13/h11H,5-8H2,1-4H3,(H2,14,15). The van der Waals surface area contributed by atoms with E-state index in [0.717, 1.165) is 37.1 Å². The summed E-state index contributed by atoms with van der Waals surface area (Å²) in [6.07, 6.45) is 4.46. The van der Waals surface area contributed by atoms with Crippen LogP contribution in [0.3, 0.4) is 0 Å². The van der Waals surface area contributed by atoms with Crippen LogP contribution in [0.1, 0.15) is 50.9 Å². The van der Waals surface area contributed by atoms with Gasteiger partial charge in [-0.1, -0.05) is 26.7 Å². The minimum absolute atomic E-state index is 0.198. The molecule has 0 spiro atoms. The van der Waals surface area contributed by atoms with Crippen molar-refractivity contribution in [3.05, 3.63) is 11.4 Å². The molecular formula is C13H23N3O. The molecule has 0 aromatic carbocycles. The molecule has 0 aliphatic carbocycles. The van der Waals surface area contributed by atoms with E-state index in [1.807, 2.05) is 13.8 Å². The molecule has 2 N–H and O–H groups in total. The number of nitrogen functional groups attached to an aromatic ring is 1. The highest BCUT2D eigenvalue weighted by atomic mass is 16.5. The lowest BCUT2D eigenvalue weighted by Gasteiger charge is -2.18. The molecule has 0 radical (unpaired) electrons. The molecule has 1 rings (SSSR count). The molecule has 1 aromatic heterocycles. The summed E-state index contributed by atoms with van der Waals surface area (Å²) >= 11 is 0. The van der Waals surface area contributed by atoms with Crippen molar-refractivity contribution in [2.75, 3.05) is 5.73 Å². The molecule has 0 aliphatic rings. The summed E-state index contributed by atoms with van der Waals surface area (Å²) in [7, 11) is 0. The van der Waals surface area contributed by atoms with E-state index < -0.39 is 0 Å². The van der Waals surface area contributed by atoms with Gasteiger partial charge in [-0.3, -0.25) is 0 Å². The second-order valence-corrected chi connectivity index (χ2v) is 4.40. The first-order valence-electron chi connectivity index (χ1n) is 6.35. The first kappa shape index (κ1) is 13.7. The summed E-state index contributed by atoms with van der Waals surface area (Å²) in [4.78, 5) is 8.60. The van der Waals surface area contributed by atoms with E-state index in [2.05, 4.69) is 23.8 Å². The third-order valence-electron chi connectivity index (χ3n) is 2.80. The molecular weight excluding hydrogens is 214 g/mol. The zero-order valence-electron chi connectivity index (χ0n) is 11.3. The summed E-state index contributed by atoms with van der Waals surface area (Å²) in [5.41, 5.74) is 7.57.